The van der Waals surface area contributed by atoms with E-state index in [1.54, 1.807) is 0 Å². The smallest absolute Gasteiger partial charge is 0.232 e. The fraction of sp³-hybridized carbons (Fsp3) is 0.304. The summed E-state index contributed by atoms with van der Waals surface area (Å²) in [5, 5.41) is 4.21. The highest BCUT2D eigenvalue weighted by atomic mass is 32.2. The molecule has 29 heavy (non-hydrogen) atoms. The van der Waals surface area contributed by atoms with Gasteiger partial charge < -0.3 is 15.2 Å². The van der Waals surface area contributed by atoms with Crippen LogP contribution in [0.3, 0.4) is 0 Å². The van der Waals surface area contributed by atoms with Crippen molar-refractivity contribution in [1.29, 1.82) is 0 Å². The van der Waals surface area contributed by atoms with Crippen LogP contribution in [0.1, 0.15) is 12.8 Å². The summed E-state index contributed by atoms with van der Waals surface area (Å²) in [5.41, 5.74) is 3.92. The standard InChI is InChI=1S/C23H25N3O2S/c1-29-15-22(27)26-11-5-8-18(14-26)23(28)24-19-9-4-7-16(12-19)21-13-17-6-2-3-10-20(17)25-21/h2-4,6-7,9-10,12-13,18,25H,5,8,11,14-15H2,1H3,(H,24,28)/t18-/m0/s1. The Labute approximate surface area is 174 Å². The number of hydrogen-bond acceptors (Lipinski definition) is 3. The molecule has 0 saturated carbocycles. The molecule has 2 N–H and O–H groups in total. The number of carbonyl (C=O) groups is 2. The number of aromatic amines is 1. The molecule has 2 heterocycles. The van der Waals surface area contributed by atoms with Crippen LogP contribution in [0.15, 0.2) is 54.6 Å². The van der Waals surface area contributed by atoms with Crippen molar-refractivity contribution in [1.82, 2.24) is 9.88 Å². The lowest BCUT2D eigenvalue weighted by Gasteiger charge is -2.32. The molecule has 1 fully saturated rings. The van der Waals surface area contributed by atoms with Crippen molar-refractivity contribution in [2.45, 2.75) is 12.8 Å². The van der Waals surface area contributed by atoms with Crippen molar-refractivity contribution >= 4 is 40.2 Å². The number of benzene rings is 2. The van der Waals surface area contributed by atoms with Crippen LogP contribution in [-0.2, 0) is 9.59 Å². The van der Waals surface area contributed by atoms with Crippen molar-refractivity contribution < 1.29 is 9.59 Å². The number of likely N-dealkylation sites (tertiary alicyclic amines) is 1. The molecule has 1 aromatic heterocycles. The summed E-state index contributed by atoms with van der Waals surface area (Å²) in [7, 11) is 0. The minimum absolute atomic E-state index is 0.0135. The third-order valence-corrected chi connectivity index (χ3v) is 5.92. The van der Waals surface area contributed by atoms with E-state index in [1.807, 2.05) is 47.6 Å². The molecule has 2 amide bonds. The van der Waals surface area contributed by atoms with E-state index in [2.05, 4.69) is 28.5 Å². The van der Waals surface area contributed by atoms with Gasteiger partial charge in [0.15, 0.2) is 0 Å². The van der Waals surface area contributed by atoms with Gasteiger partial charge in [-0.25, -0.2) is 0 Å². The number of hydrogen-bond donors (Lipinski definition) is 2. The summed E-state index contributed by atoms with van der Waals surface area (Å²) in [5.74, 6) is 0.420. The zero-order valence-electron chi connectivity index (χ0n) is 16.5. The second kappa shape index (κ2) is 8.74. The number of piperidine rings is 1. The number of H-pyrrole nitrogens is 1. The number of nitrogens with one attached hydrogen (secondary N) is 2. The van der Waals surface area contributed by atoms with Gasteiger partial charge in [-0.2, -0.15) is 11.8 Å². The Morgan fingerprint density at radius 3 is 2.86 bits per heavy atom. The largest absolute Gasteiger partial charge is 0.355 e. The molecule has 0 bridgehead atoms. The molecule has 1 aliphatic rings. The quantitative estimate of drug-likeness (QED) is 0.660. The Kier molecular flexibility index (Phi) is 5.90. The summed E-state index contributed by atoms with van der Waals surface area (Å²) in [6.07, 6.45) is 3.61. The molecule has 0 aliphatic carbocycles. The third kappa shape index (κ3) is 4.48. The maximum absolute atomic E-state index is 12.8. The number of carbonyl (C=O) groups excluding carboxylic acids is 2. The average molecular weight is 408 g/mol. The van der Waals surface area contributed by atoms with Gasteiger partial charge >= 0.3 is 0 Å². The number of aromatic nitrogens is 1. The Balaban J connectivity index is 1.46. The van der Waals surface area contributed by atoms with E-state index < -0.39 is 0 Å². The van der Waals surface area contributed by atoms with Crippen LogP contribution in [0.4, 0.5) is 5.69 Å². The van der Waals surface area contributed by atoms with E-state index in [0.717, 1.165) is 47.2 Å². The topological polar surface area (TPSA) is 65.2 Å². The Morgan fingerprint density at radius 2 is 2.03 bits per heavy atom. The van der Waals surface area contributed by atoms with E-state index in [9.17, 15) is 9.59 Å². The van der Waals surface area contributed by atoms with E-state index in [-0.39, 0.29) is 17.7 Å². The predicted molar refractivity (Wildman–Crippen MR) is 120 cm³/mol. The first kappa shape index (κ1) is 19.6. The predicted octanol–water partition coefficient (Wildman–Crippen LogP) is 4.38. The first-order valence-corrected chi connectivity index (χ1v) is 11.3. The zero-order valence-corrected chi connectivity index (χ0v) is 17.3. The molecule has 1 saturated heterocycles. The Hall–Kier alpha value is -2.73. The molecule has 0 unspecified atom stereocenters. The second-order valence-electron chi connectivity index (χ2n) is 7.45. The monoisotopic (exact) mass is 407 g/mol. The van der Waals surface area contributed by atoms with Gasteiger partial charge in [0.1, 0.15) is 0 Å². The number of thioether (sulfide) groups is 1. The lowest BCUT2D eigenvalue weighted by atomic mass is 9.97. The van der Waals surface area contributed by atoms with Crippen LogP contribution in [0.5, 0.6) is 0 Å². The molecule has 6 heteroatoms. The maximum Gasteiger partial charge on any atom is 0.232 e. The molecule has 3 aromatic rings. The minimum Gasteiger partial charge on any atom is -0.355 e. The van der Waals surface area contributed by atoms with Crippen molar-refractivity contribution in [3.05, 3.63) is 54.6 Å². The van der Waals surface area contributed by atoms with Gasteiger partial charge in [-0.3, -0.25) is 9.59 Å². The minimum atomic E-state index is -0.161. The van der Waals surface area contributed by atoms with Gasteiger partial charge in [-0.1, -0.05) is 30.3 Å². The summed E-state index contributed by atoms with van der Waals surface area (Å²) in [6.45, 7) is 1.26. The van der Waals surface area contributed by atoms with Gasteiger partial charge in [0.2, 0.25) is 11.8 Å². The van der Waals surface area contributed by atoms with E-state index >= 15 is 0 Å². The number of rotatable bonds is 5. The molecule has 5 nitrogen and oxygen atoms in total. The first-order chi connectivity index (χ1) is 14.1. The highest BCUT2D eigenvalue weighted by Gasteiger charge is 2.28. The van der Waals surface area contributed by atoms with Crippen LogP contribution in [0.2, 0.25) is 0 Å². The molecule has 0 radical (unpaired) electrons. The molecule has 0 spiro atoms. The number of nitrogens with zero attached hydrogens (tertiary/aromatic N) is 1. The lowest BCUT2D eigenvalue weighted by molar-refractivity contribution is -0.132. The van der Waals surface area contributed by atoms with E-state index in [4.69, 9.17) is 0 Å². The molecule has 1 aliphatic heterocycles. The van der Waals surface area contributed by atoms with Crippen LogP contribution in [0, 0.1) is 5.92 Å². The van der Waals surface area contributed by atoms with Gasteiger partial charge in [0.05, 0.1) is 11.7 Å². The van der Waals surface area contributed by atoms with Crippen molar-refractivity contribution in [2.75, 3.05) is 30.4 Å². The SMILES string of the molecule is CSCC(=O)N1CCC[C@H](C(=O)Nc2cccc(-c3cc4ccccc4[nH]3)c2)C1. The normalized spacial score (nSPS) is 16.7. The average Bonchev–Trinajstić information content (AvgIpc) is 3.19. The molecule has 150 valence electrons. The molecule has 2 aromatic carbocycles. The van der Waals surface area contributed by atoms with Gasteiger partial charge in [0, 0.05) is 40.9 Å². The molecular formula is C23H25N3O2S. The van der Waals surface area contributed by atoms with Gasteiger partial charge in [-0.05, 0) is 43.4 Å². The van der Waals surface area contributed by atoms with Crippen molar-refractivity contribution in [3.63, 3.8) is 0 Å². The zero-order chi connectivity index (χ0) is 20.2. The summed E-state index contributed by atoms with van der Waals surface area (Å²) >= 11 is 1.52. The van der Waals surface area contributed by atoms with Crippen LogP contribution >= 0.6 is 11.8 Å². The fourth-order valence-corrected chi connectivity index (χ4v) is 4.30. The fourth-order valence-electron chi connectivity index (χ4n) is 3.87. The Bertz CT molecular complexity index is 997. The second-order valence-corrected chi connectivity index (χ2v) is 8.32. The Morgan fingerprint density at radius 1 is 1.17 bits per heavy atom. The van der Waals surface area contributed by atoms with E-state index in [1.165, 1.54) is 11.8 Å². The van der Waals surface area contributed by atoms with Crippen LogP contribution in [0.25, 0.3) is 22.2 Å². The van der Waals surface area contributed by atoms with Crippen LogP contribution in [-0.4, -0.2) is 46.8 Å². The first-order valence-electron chi connectivity index (χ1n) is 9.90. The highest BCUT2D eigenvalue weighted by Crippen LogP contribution is 2.27. The summed E-state index contributed by atoms with van der Waals surface area (Å²) < 4.78 is 0. The molecule has 1 atom stereocenters. The van der Waals surface area contributed by atoms with Crippen LogP contribution < -0.4 is 5.32 Å². The molecular weight excluding hydrogens is 382 g/mol. The number of para-hydroxylation sites is 1. The van der Waals surface area contributed by atoms with E-state index in [0.29, 0.717) is 12.3 Å². The maximum atomic E-state index is 12.8. The third-order valence-electron chi connectivity index (χ3n) is 5.38. The number of anilines is 1. The summed E-state index contributed by atoms with van der Waals surface area (Å²) in [6, 6.07) is 18.2. The van der Waals surface area contributed by atoms with Gasteiger partial charge in [0.25, 0.3) is 0 Å². The molecule has 4 rings (SSSR count). The number of fused-ring (bicyclic) bond motifs is 1. The number of amides is 2. The van der Waals surface area contributed by atoms with Crippen molar-refractivity contribution in [2.24, 2.45) is 5.92 Å². The van der Waals surface area contributed by atoms with Gasteiger partial charge in [-0.15, -0.1) is 0 Å². The summed E-state index contributed by atoms with van der Waals surface area (Å²) in [4.78, 5) is 30.2. The lowest BCUT2D eigenvalue weighted by Crippen LogP contribution is -2.44. The highest BCUT2D eigenvalue weighted by molar-refractivity contribution is 7.99. The van der Waals surface area contributed by atoms with Crippen molar-refractivity contribution in [3.8, 4) is 11.3 Å².